The second kappa shape index (κ2) is 5.65. The normalized spacial score (nSPS) is 22.3. The van der Waals surface area contributed by atoms with Crippen molar-refractivity contribution in [2.45, 2.75) is 25.7 Å². The Morgan fingerprint density at radius 1 is 0.833 bits per heavy atom. The number of thioether (sulfide) groups is 2. The molecule has 1 heterocycles. The van der Waals surface area contributed by atoms with E-state index in [1.165, 1.54) is 23.5 Å². The Labute approximate surface area is 80.9 Å². The van der Waals surface area contributed by atoms with E-state index in [0.29, 0.717) is 12.8 Å². The summed E-state index contributed by atoms with van der Waals surface area (Å²) in [6, 6.07) is 0. The highest BCUT2D eigenvalue weighted by Crippen LogP contribution is 2.17. The molecule has 0 atom stereocenters. The van der Waals surface area contributed by atoms with Crippen LogP contribution in [0.4, 0.5) is 0 Å². The SMILES string of the molecule is O=C1CCCSC(=O)CCCS1. The van der Waals surface area contributed by atoms with E-state index in [9.17, 15) is 9.59 Å². The molecular weight excluding hydrogens is 192 g/mol. The van der Waals surface area contributed by atoms with Gasteiger partial charge in [0.05, 0.1) is 0 Å². The molecule has 1 aliphatic rings. The summed E-state index contributed by atoms with van der Waals surface area (Å²) < 4.78 is 0. The van der Waals surface area contributed by atoms with Crippen molar-refractivity contribution in [3.05, 3.63) is 0 Å². The minimum atomic E-state index is 0.282. The maximum absolute atomic E-state index is 11.1. The zero-order valence-corrected chi connectivity index (χ0v) is 8.51. The average Bonchev–Trinajstić information content (AvgIpc) is 2.06. The van der Waals surface area contributed by atoms with Crippen LogP contribution in [0.25, 0.3) is 0 Å². The topological polar surface area (TPSA) is 34.1 Å². The van der Waals surface area contributed by atoms with Gasteiger partial charge in [-0.05, 0) is 12.8 Å². The molecule has 2 nitrogen and oxygen atoms in total. The van der Waals surface area contributed by atoms with E-state index in [1.807, 2.05) is 0 Å². The summed E-state index contributed by atoms with van der Waals surface area (Å²) in [5, 5.41) is 0.565. The number of carbonyl (C=O) groups is 2. The second-order valence-electron chi connectivity index (χ2n) is 2.65. The van der Waals surface area contributed by atoms with E-state index in [-0.39, 0.29) is 10.2 Å². The van der Waals surface area contributed by atoms with E-state index in [0.717, 1.165) is 24.3 Å². The highest BCUT2D eigenvalue weighted by Gasteiger charge is 2.08. The standard InChI is InChI=1S/C8H12O2S2/c9-7-3-1-5-11-8(10)4-2-6-12-7/h1-6H2. The van der Waals surface area contributed by atoms with Crippen molar-refractivity contribution < 1.29 is 9.59 Å². The molecule has 0 saturated carbocycles. The third kappa shape index (κ3) is 4.16. The number of hydrogen-bond acceptors (Lipinski definition) is 4. The number of hydrogen-bond donors (Lipinski definition) is 0. The Balaban J connectivity index is 2.29. The minimum absolute atomic E-state index is 0.282. The van der Waals surface area contributed by atoms with Gasteiger partial charge in [0.25, 0.3) is 0 Å². The number of carbonyl (C=O) groups excluding carboxylic acids is 2. The van der Waals surface area contributed by atoms with Crippen molar-refractivity contribution in [2.75, 3.05) is 11.5 Å². The molecule has 12 heavy (non-hydrogen) atoms. The molecule has 0 N–H and O–H groups in total. The third-order valence-electron chi connectivity index (χ3n) is 1.58. The molecular formula is C8H12O2S2. The molecule has 0 amide bonds. The molecule has 1 fully saturated rings. The molecule has 0 spiro atoms. The fourth-order valence-electron chi connectivity index (χ4n) is 0.949. The Morgan fingerprint density at radius 2 is 1.25 bits per heavy atom. The van der Waals surface area contributed by atoms with Gasteiger partial charge < -0.3 is 0 Å². The maximum Gasteiger partial charge on any atom is 0.188 e. The monoisotopic (exact) mass is 204 g/mol. The molecule has 0 aromatic carbocycles. The van der Waals surface area contributed by atoms with E-state index in [1.54, 1.807) is 0 Å². The fourth-order valence-corrected chi connectivity index (χ4v) is 2.56. The zero-order valence-electron chi connectivity index (χ0n) is 6.88. The molecule has 4 heteroatoms. The summed E-state index contributed by atoms with van der Waals surface area (Å²) >= 11 is 2.75. The van der Waals surface area contributed by atoms with Gasteiger partial charge >= 0.3 is 0 Å². The van der Waals surface area contributed by atoms with Crippen LogP contribution in [0, 0.1) is 0 Å². The predicted molar refractivity (Wildman–Crippen MR) is 53.4 cm³/mol. The van der Waals surface area contributed by atoms with Crippen molar-refractivity contribution in [3.63, 3.8) is 0 Å². The van der Waals surface area contributed by atoms with Crippen LogP contribution in [0.2, 0.25) is 0 Å². The molecule has 1 aliphatic heterocycles. The van der Waals surface area contributed by atoms with Crippen LogP contribution < -0.4 is 0 Å². The Kier molecular flexibility index (Phi) is 4.76. The molecule has 1 rings (SSSR count). The van der Waals surface area contributed by atoms with Crippen LogP contribution in [-0.4, -0.2) is 21.7 Å². The van der Waals surface area contributed by atoms with Crippen LogP contribution in [0.5, 0.6) is 0 Å². The van der Waals surface area contributed by atoms with Gasteiger partial charge in [0.15, 0.2) is 10.2 Å². The first kappa shape index (κ1) is 10.1. The predicted octanol–water partition coefficient (Wildman–Crippen LogP) is 2.08. The third-order valence-corrected chi connectivity index (χ3v) is 3.61. The molecule has 0 aromatic rings. The van der Waals surface area contributed by atoms with Gasteiger partial charge in [-0.1, -0.05) is 23.5 Å². The molecule has 0 radical (unpaired) electrons. The molecule has 0 aromatic heterocycles. The summed E-state index contributed by atoms with van der Waals surface area (Å²) in [6.45, 7) is 0. The first-order valence-corrected chi connectivity index (χ1v) is 6.07. The first-order valence-electron chi connectivity index (χ1n) is 4.10. The number of rotatable bonds is 0. The smallest absolute Gasteiger partial charge is 0.188 e. The lowest BCUT2D eigenvalue weighted by atomic mass is 10.4. The van der Waals surface area contributed by atoms with Gasteiger partial charge in [-0.25, -0.2) is 0 Å². The van der Waals surface area contributed by atoms with Crippen LogP contribution >= 0.6 is 23.5 Å². The summed E-state index contributed by atoms with van der Waals surface area (Å²) in [5.41, 5.74) is 0. The molecule has 0 unspecified atom stereocenters. The Hall–Kier alpha value is 0.0400. The summed E-state index contributed by atoms with van der Waals surface area (Å²) in [7, 11) is 0. The highest BCUT2D eigenvalue weighted by atomic mass is 32.2. The summed E-state index contributed by atoms with van der Waals surface area (Å²) in [6.07, 6.45) is 2.96. The molecule has 0 aliphatic carbocycles. The Bertz CT molecular complexity index is 144. The minimum Gasteiger partial charge on any atom is -0.287 e. The van der Waals surface area contributed by atoms with Crippen LogP contribution in [0.3, 0.4) is 0 Å². The van der Waals surface area contributed by atoms with Crippen molar-refractivity contribution >= 4 is 33.8 Å². The quantitative estimate of drug-likeness (QED) is 0.605. The van der Waals surface area contributed by atoms with E-state index in [2.05, 4.69) is 0 Å². The average molecular weight is 204 g/mol. The van der Waals surface area contributed by atoms with Gasteiger partial charge in [-0.3, -0.25) is 9.59 Å². The molecule has 0 bridgehead atoms. The highest BCUT2D eigenvalue weighted by molar-refractivity contribution is 8.14. The van der Waals surface area contributed by atoms with Crippen LogP contribution in [0.1, 0.15) is 25.7 Å². The van der Waals surface area contributed by atoms with Gasteiger partial charge in [-0.2, -0.15) is 0 Å². The van der Waals surface area contributed by atoms with E-state index < -0.39 is 0 Å². The van der Waals surface area contributed by atoms with Crippen molar-refractivity contribution in [3.8, 4) is 0 Å². The maximum atomic E-state index is 11.1. The second-order valence-corrected chi connectivity index (χ2v) is 4.95. The lowest BCUT2D eigenvalue weighted by Gasteiger charge is -2.04. The lowest BCUT2D eigenvalue weighted by Crippen LogP contribution is -2.01. The van der Waals surface area contributed by atoms with Crippen molar-refractivity contribution in [1.29, 1.82) is 0 Å². The fraction of sp³-hybridized carbons (Fsp3) is 0.750. The summed E-state index contributed by atoms with van der Waals surface area (Å²) in [5.74, 6) is 1.62. The largest absolute Gasteiger partial charge is 0.287 e. The Morgan fingerprint density at radius 3 is 1.67 bits per heavy atom. The van der Waals surface area contributed by atoms with Crippen molar-refractivity contribution in [2.24, 2.45) is 0 Å². The first-order chi connectivity index (χ1) is 5.79. The van der Waals surface area contributed by atoms with E-state index >= 15 is 0 Å². The lowest BCUT2D eigenvalue weighted by molar-refractivity contribution is -0.112. The van der Waals surface area contributed by atoms with Crippen LogP contribution in [-0.2, 0) is 9.59 Å². The van der Waals surface area contributed by atoms with E-state index in [4.69, 9.17) is 0 Å². The van der Waals surface area contributed by atoms with Gasteiger partial charge in [0.2, 0.25) is 0 Å². The van der Waals surface area contributed by atoms with Gasteiger partial charge in [0, 0.05) is 24.3 Å². The molecule has 68 valence electrons. The summed E-state index contributed by atoms with van der Waals surface area (Å²) in [4.78, 5) is 22.1. The van der Waals surface area contributed by atoms with Crippen molar-refractivity contribution in [1.82, 2.24) is 0 Å². The zero-order chi connectivity index (χ0) is 8.81. The van der Waals surface area contributed by atoms with Crippen LogP contribution in [0.15, 0.2) is 0 Å². The van der Waals surface area contributed by atoms with Gasteiger partial charge in [-0.15, -0.1) is 0 Å². The molecule has 1 saturated heterocycles. The van der Waals surface area contributed by atoms with Gasteiger partial charge in [0.1, 0.15) is 0 Å².